The van der Waals surface area contributed by atoms with Gasteiger partial charge in [-0.25, -0.2) is 13.2 Å². The van der Waals surface area contributed by atoms with Crippen LogP contribution in [0.15, 0.2) is 30.3 Å². The van der Waals surface area contributed by atoms with Crippen molar-refractivity contribution in [2.24, 2.45) is 0 Å². The lowest BCUT2D eigenvalue weighted by Crippen LogP contribution is -2.52. The summed E-state index contributed by atoms with van der Waals surface area (Å²) in [7, 11) is 0. The number of aromatic nitrogens is 1. The average molecular weight is 379 g/mol. The van der Waals surface area contributed by atoms with Gasteiger partial charge in [-0.2, -0.15) is 0 Å². The van der Waals surface area contributed by atoms with Gasteiger partial charge in [0.25, 0.3) is 0 Å². The van der Waals surface area contributed by atoms with E-state index in [0.29, 0.717) is 32.6 Å². The third-order valence-corrected chi connectivity index (χ3v) is 4.98. The lowest BCUT2D eigenvalue weighted by Gasteiger charge is -2.41. The number of hydrogen-bond donors (Lipinski definition) is 1. The Bertz CT molecular complexity index is 787. The second-order valence-electron chi connectivity index (χ2n) is 6.96. The van der Waals surface area contributed by atoms with Crippen molar-refractivity contribution in [1.29, 1.82) is 0 Å². The van der Waals surface area contributed by atoms with Gasteiger partial charge in [-0.05, 0) is 37.6 Å². The molecule has 4 nitrogen and oxygen atoms in total. The number of aliphatic hydroxyl groups is 1. The molecule has 7 heteroatoms. The fourth-order valence-electron chi connectivity index (χ4n) is 3.57. The number of benzene rings is 1. The van der Waals surface area contributed by atoms with Crippen LogP contribution in [0.3, 0.4) is 0 Å². The molecular formula is C20H24F3N3O. The van der Waals surface area contributed by atoms with E-state index in [1.165, 1.54) is 0 Å². The summed E-state index contributed by atoms with van der Waals surface area (Å²) < 4.78 is 41.3. The highest BCUT2D eigenvalue weighted by Crippen LogP contribution is 2.22. The predicted molar refractivity (Wildman–Crippen MR) is 96.5 cm³/mol. The van der Waals surface area contributed by atoms with Crippen LogP contribution in [0.1, 0.15) is 23.4 Å². The Morgan fingerprint density at radius 3 is 2.59 bits per heavy atom. The van der Waals surface area contributed by atoms with Gasteiger partial charge in [0.2, 0.25) is 0 Å². The molecule has 1 fully saturated rings. The van der Waals surface area contributed by atoms with E-state index in [-0.39, 0.29) is 24.8 Å². The summed E-state index contributed by atoms with van der Waals surface area (Å²) in [5.41, 5.74) is 1.65. The van der Waals surface area contributed by atoms with Crippen molar-refractivity contribution in [3.05, 3.63) is 64.7 Å². The highest BCUT2D eigenvalue weighted by molar-refractivity contribution is 5.21. The molecule has 1 aliphatic heterocycles. The van der Waals surface area contributed by atoms with Gasteiger partial charge >= 0.3 is 0 Å². The number of piperazine rings is 1. The van der Waals surface area contributed by atoms with Crippen LogP contribution in [0.25, 0.3) is 0 Å². The summed E-state index contributed by atoms with van der Waals surface area (Å²) in [6.45, 7) is 4.45. The van der Waals surface area contributed by atoms with Gasteiger partial charge < -0.3 is 5.11 Å². The van der Waals surface area contributed by atoms with Crippen LogP contribution in [0.5, 0.6) is 0 Å². The van der Waals surface area contributed by atoms with Gasteiger partial charge in [0.05, 0.1) is 5.69 Å². The van der Waals surface area contributed by atoms with Crippen LogP contribution in [-0.4, -0.2) is 52.2 Å². The van der Waals surface area contributed by atoms with Crippen LogP contribution in [0, 0.1) is 24.4 Å². The molecule has 27 heavy (non-hydrogen) atoms. The Morgan fingerprint density at radius 1 is 1.07 bits per heavy atom. The molecule has 3 rings (SSSR count). The minimum absolute atomic E-state index is 0.00783. The summed E-state index contributed by atoms with van der Waals surface area (Å²) in [4.78, 5) is 8.66. The van der Waals surface area contributed by atoms with Crippen molar-refractivity contribution in [3.63, 3.8) is 0 Å². The second kappa shape index (κ2) is 8.82. The van der Waals surface area contributed by atoms with E-state index in [2.05, 4.69) is 9.88 Å². The molecule has 0 saturated carbocycles. The van der Waals surface area contributed by atoms with E-state index in [1.54, 1.807) is 0 Å². The fourth-order valence-corrected chi connectivity index (χ4v) is 3.57. The van der Waals surface area contributed by atoms with E-state index < -0.39 is 17.5 Å². The van der Waals surface area contributed by atoms with E-state index in [0.717, 1.165) is 23.5 Å². The zero-order chi connectivity index (χ0) is 19.4. The smallest absolute Gasteiger partial charge is 0.166 e. The number of nitrogens with zero attached hydrogens (tertiary/aromatic N) is 3. The molecule has 1 N–H and O–H groups in total. The number of pyridine rings is 1. The Morgan fingerprint density at radius 2 is 1.85 bits per heavy atom. The van der Waals surface area contributed by atoms with Crippen molar-refractivity contribution >= 4 is 0 Å². The first-order valence-electron chi connectivity index (χ1n) is 9.10. The molecule has 1 atom stereocenters. The standard InChI is InChI=1S/C20H24F3N3O/c1-14-3-2-4-15(24-14)11-26-9-8-25(12-16(26)7-10-27)13-17-18(21)5-6-19(22)20(17)23/h2-6,16,27H,7-13H2,1H3/t16-/m1/s1. The summed E-state index contributed by atoms with van der Waals surface area (Å²) in [5, 5.41) is 9.42. The monoisotopic (exact) mass is 379 g/mol. The first-order valence-corrected chi connectivity index (χ1v) is 9.10. The molecule has 0 amide bonds. The van der Waals surface area contributed by atoms with E-state index in [1.807, 2.05) is 30.0 Å². The van der Waals surface area contributed by atoms with E-state index in [9.17, 15) is 18.3 Å². The van der Waals surface area contributed by atoms with Crippen molar-refractivity contribution in [1.82, 2.24) is 14.8 Å². The molecule has 2 heterocycles. The molecule has 146 valence electrons. The van der Waals surface area contributed by atoms with Crippen LogP contribution in [-0.2, 0) is 13.1 Å². The number of aryl methyl sites for hydroxylation is 1. The number of halogens is 3. The molecule has 2 aromatic rings. The van der Waals surface area contributed by atoms with E-state index >= 15 is 0 Å². The third kappa shape index (κ3) is 4.86. The lowest BCUT2D eigenvalue weighted by atomic mass is 10.1. The highest BCUT2D eigenvalue weighted by Gasteiger charge is 2.28. The minimum atomic E-state index is -1.12. The summed E-state index contributed by atoms with van der Waals surface area (Å²) in [5.74, 6) is -2.90. The summed E-state index contributed by atoms with van der Waals surface area (Å²) in [6.07, 6.45) is 0.552. The van der Waals surface area contributed by atoms with Crippen LogP contribution >= 0.6 is 0 Å². The van der Waals surface area contributed by atoms with Crippen LogP contribution in [0.2, 0.25) is 0 Å². The predicted octanol–water partition coefficient (Wildman–Crippen LogP) is 2.88. The third-order valence-electron chi connectivity index (χ3n) is 4.98. The maximum atomic E-state index is 14.0. The number of rotatable bonds is 6. The van der Waals surface area contributed by atoms with Gasteiger partial charge in [-0.15, -0.1) is 0 Å². The maximum absolute atomic E-state index is 14.0. The fraction of sp³-hybridized carbons (Fsp3) is 0.450. The van der Waals surface area contributed by atoms with Crippen molar-refractivity contribution in [3.8, 4) is 0 Å². The lowest BCUT2D eigenvalue weighted by molar-refractivity contribution is 0.0480. The molecule has 1 aromatic heterocycles. The minimum Gasteiger partial charge on any atom is -0.396 e. The van der Waals surface area contributed by atoms with E-state index in [4.69, 9.17) is 0 Å². The Balaban J connectivity index is 1.69. The normalized spacial score (nSPS) is 18.8. The summed E-state index contributed by atoms with van der Waals surface area (Å²) in [6, 6.07) is 7.66. The number of aliphatic hydroxyl groups excluding tert-OH is 1. The zero-order valence-electron chi connectivity index (χ0n) is 15.3. The molecule has 0 bridgehead atoms. The Hall–Kier alpha value is -1.96. The van der Waals surface area contributed by atoms with Gasteiger partial charge in [0.15, 0.2) is 11.6 Å². The van der Waals surface area contributed by atoms with Gasteiger partial charge in [0, 0.05) is 56.6 Å². The molecule has 0 unspecified atom stereocenters. The molecule has 1 aromatic carbocycles. The first kappa shape index (κ1) is 19.8. The van der Waals surface area contributed by atoms with Crippen molar-refractivity contribution in [2.75, 3.05) is 26.2 Å². The quantitative estimate of drug-likeness (QED) is 0.784. The molecule has 1 aliphatic rings. The van der Waals surface area contributed by atoms with Gasteiger partial charge in [0.1, 0.15) is 5.82 Å². The number of hydrogen-bond acceptors (Lipinski definition) is 4. The largest absolute Gasteiger partial charge is 0.396 e. The molecule has 1 saturated heterocycles. The molecule has 0 aliphatic carbocycles. The first-order chi connectivity index (χ1) is 13.0. The van der Waals surface area contributed by atoms with Gasteiger partial charge in [-0.1, -0.05) is 6.07 Å². The van der Waals surface area contributed by atoms with Crippen LogP contribution < -0.4 is 0 Å². The topological polar surface area (TPSA) is 39.6 Å². The molecule has 0 radical (unpaired) electrons. The van der Waals surface area contributed by atoms with Crippen LogP contribution in [0.4, 0.5) is 13.2 Å². The van der Waals surface area contributed by atoms with Crippen molar-refractivity contribution in [2.45, 2.75) is 32.5 Å². The molecule has 0 spiro atoms. The van der Waals surface area contributed by atoms with Crippen molar-refractivity contribution < 1.29 is 18.3 Å². The molecular weight excluding hydrogens is 355 g/mol. The maximum Gasteiger partial charge on any atom is 0.166 e. The Labute approximate surface area is 157 Å². The SMILES string of the molecule is Cc1cccc(CN2CCN(Cc3c(F)ccc(F)c3F)C[C@H]2CCO)n1. The second-order valence-corrected chi connectivity index (χ2v) is 6.96. The Kier molecular flexibility index (Phi) is 6.46. The highest BCUT2D eigenvalue weighted by atomic mass is 19.2. The zero-order valence-corrected chi connectivity index (χ0v) is 15.3. The average Bonchev–Trinajstić information content (AvgIpc) is 2.64. The van der Waals surface area contributed by atoms with Gasteiger partial charge in [-0.3, -0.25) is 14.8 Å². The summed E-state index contributed by atoms with van der Waals surface area (Å²) >= 11 is 0.